The van der Waals surface area contributed by atoms with Crippen LogP contribution < -0.4 is 5.73 Å². The molecule has 0 aliphatic carbocycles. The molecule has 0 amide bonds. The normalized spacial score (nSPS) is 12.6. The van der Waals surface area contributed by atoms with E-state index in [-0.39, 0.29) is 5.41 Å². The van der Waals surface area contributed by atoms with Crippen molar-refractivity contribution in [2.24, 2.45) is 5.73 Å². The van der Waals surface area contributed by atoms with Crippen LogP contribution in [-0.4, -0.2) is 0 Å². The molecule has 0 saturated heterocycles. The van der Waals surface area contributed by atoms with Gasteiger partial charge in [-0.25, -0.2) is 0 Å². The summed E-state index contributed by atoms with van der Waals surface area (Å²) in [5, 5.41) is 1.22. The van der Waals surface area contributed by atoms with E-state index in [1.54, 1.807) is 0 Å². The molecule has 0 atom stereocenters. The largest absolute Gasteiger partial charge is 0.459 e. The van der Waals surface area contributed by atoms with Gasteiger partial charge in [0.15, 0.2) is 0 Å². The van der Waals surface area contributed by atoms with E-state index in [1.165, 1.54) is 16.5 Å². The van der Waals surface area contributed by atoms with Gasteiger partial charge >= 0.3 is 0 Å². The predicted octanol–water partition coefficient (Wildman–Crippen LogP) is 4.31. The van der Waals surface area contributed by atoms with Gasteiger partial charge in [0.05, 0.1) is 6.54 Å². The number of fused-ring (bicyclic) bond motifs is 1. The molecule has 0 fully saturated rings. The minimum absolute atomic E-state index is 0.0808. The summed E-state index contributed by atoms with van der Waals surface area (Å²) >= 11 is 0. The predicted molar refractivity (Wildman–Crippen MR) is 76.9 cm³/mol. The zero-order valence-electron chi connectivity index (χ0n) is 12.0. The first-order valence-electron chi connectivity index (χ1n) is 6.61. The van der Waals surface area contributed by atoms with Gasteiger partial charge in [0.2, 0.25) is 0 Å². The van der Waals surface area contributed by atoms with E-state index in [9.17, 15) is 0 Å². The summed E-state index contributed by atoms with van der Waals surface area (Å²) in [6, 6.07) is 6.41. The molecule has 2 aromatic rings. The third-order valence-electron chi connectivity index (χ3n) is 3.40. The van der Waals surface area contributed by atoms with Crippen molar-refractivity contribution in [1.29, 1.82) is 0 Å². The highest BCUT2D eigenvalue weighted by Crippen LogP contribution is 2.37. The van der Waals surface area contributed by atoms with Crippen LogP contribution in [0.3, 0.4) is 0 Å². The Hall–Kier alpha value is -1.28. The zero-order valence-corrected chi connectivity index (χ0v) is 12.0. The Bertz CT molecular complexity index is 558. The number of nitrogens with two attached hydrogens (primary N) is 1. The smallest absolute Gasteiger partial charge is 0.138 e. The Morgan fingerprint density at radius 1 is 1.22 bits per heavy atom. The Labute approximate surface area is 109 Å². The number of hydrogen-bond donors (Lipinski definition) is 1. The van der Waals surface area contributed by atoms with Crippen molar-refractivity contribution in [3.8, 4) is 0 Å². The van der Waals surface area contributed by atoms with Gasteiger partial charge in [-0.05, 0) is 11.3 Å². The molecular weight excluding hydrogens is 222 g/mol. The molecule has 2 rings (SSSR count). The van der Waals surface area contributed by atoms with E-state index in [0.717, 1.165) is 11.3 Å². The number of para-hydroxylation sites is 1. The van der Waals surface area contributed by atoms with Crippen LogP contribution in [0.4, 0.5) is 0 Å². The van der Waals surface area contributed by atoms with Crippen molar-refractivity contribution >= 4 is 11.0 Å². The molecule has 1 aromatic carbocycles. The Kier molecular flexibility index (Phi) is 3.24. The highest BCUT2D eigenvalue weighted by Gasteiger charge is 2.23. The SMILES string of the molecule is CC(C)c1c(CN)oc2c(C(C)(C)C)cccc12. The summed E-state index contributed by atoms with van der Waals surface area (Å²) in [4.78, 5) is 0. The highest BCUT2D eigenvalue weighted by atomic mass is 16.3. The minimum Gasteiger partial charge on any atom is -0.459 e. The monoisotopic (exact) mass is 245 g/mol. The molecule has 2 N–H and O–H groups in total. The molecular formula is C16H23NO. The molecule has 0 radical (unpaired) electrons. The van der Waals surface area contributed by atoms with Gasteiger partial charge in [0.25, 0.3) is 0 Å². The van der Waals surface area contributed by atoms with Gasteiger partial charge in [-0.2, -0.15) is 0 Å². The third-order valence-corrected chi connectivity index (χ3v) is 3.40. The van der Waals surface area contributed by atoms with Crippen molar-refractivity contribution in [2.45, 2.75) is 52.5 Å². The van der Waals surface area contributed by atoms with Crippen molar-refractivity contribution in [3.63, 3.8) is 0 Å². The molecule has 18 heavy (non-hydrogen) atoms. The summed E-state index contributed by atoms with van der Waals surface area (Å²) in [5.74, 6) is 1.36. The summed E-state index contributed by atoms with van der Waals surface area (Å²) in [5.41, 5.74) is 9.42. The Balaban J connectivity index is 2.81. The van der Waals surface area contributed by atoms with Gasteiger partial charge in [0.1, 0.15) is 11.3 Å². The Morgan fingerprint density at radius 2 is 1.89 bits per heavy atom. The number of hydrogen-bond acceptors (Lipinski definition) is 2. The second-order valence-electron chi connectivity index (χ2n) is 6.23. The van der Waals surface area contributed by atoms with Crippen LogP contribution in [0.5, 0.6) is 0 Å². The van der Waals surface area contributed by atoms with Crippen LogP contribution in [0.1, 0.15) is 57.4 Å². The van der Waals surface area contributed by atoms with Gasteiger partial charge in [0, 0.05) is 16.5 Å². The van der Waals surface area contributed by atoms with Crippen molar-refractivity contribution in [1.82, 2.24) is 0 Å². The van der Waals surface area contributed by atoms with Gasteiger partial charge in [-0.1, -0.05) is 52.8 Å². The average molecular weight is 245 g/mol. The summed E-state index contributed by atoms with van der Waals surface area (Å²) in [6.07, 6.45) is 0. The second kappa shape index (κ2) is 4.43. The number of rotatable bonds is 2. The molecule has 0 aliphatic heterocycles. The van der Waals surface area contributed by atoms with E-state index < -0.39 is 0 Å². The van der Waals surface area contributed by atoms with Crippen LogP contribution >= 0.6 is 0 Å². The van der Waals surface area contributed by atoms with Gasteiger partial charge in [-0.15, -0.1) is 0 Å². The maximum atomic E-state index is 6.04. The quantitative estimate of drug-likeness (QED) is 0.856. The van der Waals surface area contributed by atoms with E-state index in [2.05, 4.69) is 52.8 Å². The van der Waals surface area contributed by atoms with Gasteiger partial charge in [-0.3, -0.25) is 0 Å². The topological polar surface area (TPSA) is 39.2 Å². The fourth-order valence-electron chi connectivity index (χ4n) is 2.56. The van der Waals surface area contributed by atoms with Crippen LogP contribution in [0.25, 0.3) is 11.0 Å². The fraction of sp³-hybridized carbons (Fsp3) is 0.500. The van der Waals surface area contributed by atoms with E-state index in [4.69, 9.17) is 10.2 Å². The van der Waals surface area contributed by atoms with E-state index in [0.29, 0.717) is 12.5 Å². The summed E-state index contributed by atoms with van der Waals surface area (Å²) in [6.45, 7) is 11.5. The van der Waals surface area contributed by atoms with Crippen LogP contribution in [-0.2, 0) is 12.0 Å². The van der Waals surface area contributed by atoms with Crippen molar-refractivity contribution in [2.75, 3.05) is 0 Å². The van der Waals surface area contributed by atoms with E-state index >= 15 is 0 Å². The summed E-state index contributed by atoms with van der Waals surface area (Å²) < 4.78 is 6.04. The highest BCUT2D eigenvalue weighted by molar-refractivity contribution is 5.86. The van der Waals surface area contributed by atoms with Crippen molar-refractivity contribution < 1.29 is 4.42 Å². The van der Waals surface area contributed by atoms with Crippen LogP contribution in [0, 0.1) is 0 Å². The lowest BCUT2D eigenvalue weighted by atomic mass is 9.85. The molecule has 0 saturated carbocycles. The molecule has 0 spiro atoms. The number of furan rings is 1. The molecule has 0 unspecified atom stereocenters. The standard InChI is InChI=1S/C16H23NO/c1-10(2)14-11-7-6-8-12(16(3,4)5)15(11)18-13(14)9-17/h6-8,10H,9,17H2,1-5H3. The van der Waals surface area contributed by atoms with Crippen LogP contribution in [0.15, 0.2) is 22.6 Å². The lowest BCUT2D eigenvalue weighted by Gasteiger charge is -2.19. The Morgan fingerprint density at radius 3 is 2.39 bits per heavy atom. The fourth-order valence-corrected chi connectivity index (χ4v) is 2.56. The van der Waals surface area contributed by atoms with E-state index in [1.807, 2.05) is 0 Å². The lowest BCUT2D eigenvalue weighted by Crippen LogP contribution is -2.11. The first kappa shape index (κ1) is 13.2. The van der Waals surface area contributed by atoms with Gasteiger partial charge < -0.3 is 10.2 Å². The molecule has 1 aromatic heterocycles. The second-order valence-corrected chi connectivity index (χ2v) is 6.23. The summed E-state index contributed by atoms with van der Waals surface area (Å²) in [7, 11) is 0. The number of benzene rings is 1. The molecule has 0 aliphatic rings. The molecule has 0 bridgehead atoms. The molecule has 2 heteroatoms. The first-order chi connectivity index (χ1) is 8.36. The average Bonchev–Trinajstić information content (AvgIpc) is 2.65. The third kappa shape index (κ3) is 2.05. The molecule has 98 valence electrons. The molecule has 1 heterocycles. The van der Waals surface area contributed by atoms with Crippen molar-refractivity contribution in [3.05, 3.63) is 35.1 Å². The van der Waals surface area contributed by atoms with Crippen LogP contribution in [0.2, 0.25) is 0 Å². The minimum atomic E-state index is 0.0808. The zero-order chi connectivity index (χ0) is 13.5. The lowest BCUT2D eigenvalue weighted by molar-refractivity contribution is 0.520. The maximum absolute atomic E-state index is 6.04. The maximum Gasteiger partial charge on any atom is 0.138 e. The molecule has 2 nitrogen and oxygen atoms in total. The first-order valence-corrected chi connectivity index (χ1v) is 6.61.